The summed E-state index contributed by atoms with van der Waals surface area (Å²) < 4.78 is 0. The molecule has 0 spiro atoms. The Balaban J connectivity index is 1.63. The number of amides is 1. The summed E-state index contributed by atoms with van der Waals surface area (Å²) in [7, 11) is 4.29. The van der Waals surface area contributed by atoms with E-state index in [1.165, 1.54) is 0 Å². The summed E-state index contributed by atoms with van der Waals surface area (Å²) in [5.74, 6) is 0.0469. The molecule has 2 rings (SSSR count). The SMILES string of the molecule is CN1CCN(C)C(CNCC(=O)NCc2ccccc2)C1. The molecule has 1 saturated heterocycles. The first-order valence-electron chi connectivity index (χ1n) is 7.55. The van der Waals surface area contributed by atoms with Crippen molar-refractivity contribution < 1.29 is 4.79 Å². The number of likely N-dealkylation sites (N-methyl/N-ethyl adjacent to an activating group) is 2. The van der Waals surface area contributed by atoms with Crippen LogP contribution >= 0.6 is 0 Å². The first-order valence-corrected chi connectivity index (χ1v) is 7.55. The molecule has 1 fully saturated rings. The van der Waals surface area contributed by atoms with E-state index in [4.69, 9.17) is 0 Å². The van der Waals surface area contributed by atoms with Crippen LogP contribution in [0.1, 0.15) is 5.56 Å². The van der Waals surface area contributed by atoms with Crippen LogP contribution < -0.4 is 10.6 Å². The first kappa shape index (κ1) is 15.9. The Morgan fingerprint density at radius 3 is 2.76 bits per heavy atom. The summed E-state index contributed by atoms with van der Waals surface area (Å²) in [5.41, 5.74) is 1.12. The maximum absolute atomic E-state index is 11.8. The summed E-state index contributed by atoms with van der Waals surface area (Å²) in [6, 6.07) is 10.4. The zero-order valence-electron chi connectivity index (χ0n) is 13.0. The minimum absolute atomic E-state index is 0.0469. The van der Waals surface area contributed by atoms with Crippen molar-refractivity contribution in [1.82, 2.24) is 20.4 Å². The molecule has 1 aliphatic rings. The van der Waals surface area contributed by atoms with Crippen molar-refractivity contribution in [2.75, 3.05) is 46.8 Å². The molecule has 21 heavy (non-hydrogen) atoms. The van der Waals surface area contributed by atoms with Crippen LogP contribution in [0.2, 0.25) is 0 Å². The molecule has 1 amide bonds. The van der Waals surface area contributed by atoms with Crippen molar-refractivity contribution >= 4 is 5.91 Å². The minimum Gasteiger partial charge on any atom is -0.351 e. The summed E-state index contributed by atoms with van der Waals surface area (Å²) in [4.78, 5) is 16.5. The highest BCUT2D eigenvalue weighted by Crippen LogP contribution is 2.04. The van der Waals surface area contributed by atoms with Gasteiger partial charge in [0.15, 0.2) is 0 Å². The fourth-order valence-electron chi connectivity index (χ4n) is 2.53. The lowest BCUT2D eigenvalue weighted by Gasteiger charge is -2.37. The highest BCUT2D eigenvalue weighted by Gasteiger charge is 2.21. The van der Waals surface area contributed by atoms with Crippen LogP contribution in [0.4, 0.5) is 0 Å². The molecule has 5 heteroatoms. The Hall–Kier alpha value is -1.43. The lowest BCUT2D eigenvalue weighted by molar-refractivity contribution is -0.120. The van der Waals surface area contributed by atoms with Gasteiger partial charge in [-0.05, 0) is 19.7 Å². The van der Waals surface area contributed by atoms with E-state index in [1.54, 1.807) is 0 Å². The fraction of sp³-hybridized carbons (Fsp3) is 0.562. The van der Waals surface area contributed by atoms with Crippen LogP contribution in [0.25, 0.3) is 0 Å². The van der Waals surface area contributed by atoms with Gasteiger partial charge in [-0.15, -0.1) is 0 Å². The molecule has 0 saturated carbocycles. The molecule has 0 aromatic heterocycles. The Labute approximate surface area is 127 Å². The van der Waals surface area contributed by atoms with Crippen molar-refractivity contribution in [2.45, 2.75) is 12.6 Å². The second-order valence-corrected chi connectivity index (χ2v) is 5.79. The fourth-order valence-corrected chi connectivity index (χ4v) is 2.53. The van der Waals surface area contributed by atoms with Crippen LogP contribution in [0.3, 0.4) is 0 Å². The lowest BCUT2D eigenvalue weighted by atomic mass is 10.2. The summed E-state index contributed by atoms with van der Waals surface area (Å²) in [6.45, 7) is 5.07. The highest BCUT2D eigenvalue weighted by molar-refractivity contribution is 5.77. The molecule has 0 bridgehead atoms. The van der Waals surface area contributed by atoms with Crippen LogP contribution in [0.15, 0.2) is 30.3 Å². The molecule has 5 nitrogen and oxygen atoms in total. The predicted octanol–water partition coefficient (Wildman–Crippen LogP) is 0.138. The number of benzene rings is 1. The molecule has 1 aliphatic heterocycles. The Bertz CT molecular complexity index is 437. The molecule has 2 N–H and O–H groups in total. The number of rotatable bonds is 6. The molecule has 1 atom stereocenters. The Morgan fingerprint density at radius 2 is 2.00 bits per heavy atom. The van der Waals surface area contributed by atoms with E-state index in [9.17, 15) is 4.79 Å². The lowest BCUT2D eigenvalue weighted by Crippen LogP contribution is -2.54. The number of carbonyl (C=O) groups excluding carboxylic acids is 1. The second kappa shape index (κ2) is 8.12. The number of carbonyl (C=O) groups is 1. The second-order valence-electron chi connectivity index (χ2n) is 5.79. The number of nitrogens with zero attached hydrogens (tertiary/aromatic N) is 2. The third-order valence-electron chi connectivity index (χ3n) is 3.98. The zero-order chi connectivity index (χ0) is 15.1. The van der Waals surface area contributed by atoms with Gasteiger partial charge < -0.3 is 15.5 Å². The maximum atomic E-state index is 11.8. The standard InChI is InChI=1S/C16H26N4O/c1-19-8-9-20(2)15(13-19)11-17-12-16(21)18-10-14-6-4-3-5-7-14/h3-7,15,17H,8-13H2,1-2H3,(H,18,21). The summed E-state index contributed by atoms with van der Waals surface area (Å²) in [5, 5.41) is 6.19. The first-order chi connectivity index (χ1) is 10.1. The molecule has 1 unspecified atom stereocenters. The van der Waals surface area contributed by atoms with Gasteiger partial charge in [-0.2, -0.15) is 0 Å². The van der Waals surface area contributed by atoms with Gasteiger partial charge in [0.2, 0.25) is 5.91 Å². The molecule has 1 aromatic rings. The van der Waals surface area contributed by atoms with Crippen molar-refractivity contribution in [3.8, 4) is 0 Å². The number of hydrogen-bond donors (Lipinski definition) is 2. The van der Waals surface area contributed by atoms with Crippen LogP contribution in [-0.2, 0) is 11.3 Å². The number of piperazine rings is 1. The van der Waals surface area contributed by atoms with Crippen molar-refractivity contribution in [1.29, 1.82) is 0 Å². The van der Waals surface area contributed by atoms with Crippen LogP contribution in [0.5, 0.6) is 0 Å². The maximum Gasteiger partial charge on any atom is 0.234 e. The Morgan fingerprint density at radius 1 is 1.24 bits per heavy atom. The quantitative estimate of drug-likeness (QED) is 0.782. The molecule has 1 aromatic carbocycles. The average molecular weight is 290 g/mol. The van der Waals surface area contributed by atoms with Crippen LogP contribution in [0, 0.1) is 0 Å². The van der Waals surface area contributed by atoms with Gasteiger partial charge in [0.1, 0.15) is 0 Å². The topological polar surface area (TPSA) is 47.6 Å². The molecule has 0 aliphatic carbocycles. The Kier molecular flexibility index (Phi) is 6.17. The summed E-state index contributed by atoms with van der Waals surface area (Å²) >= 11 is 0. The number of nitrogens with one attached hydrogen (secondary N) is 2. The third kappa shape index (κ3) is 5.46. The van der Waals surface area contributed by atoms with E-state index < -0.39 is 0 Å². The highest BCUT2D eigenvalue weighted by atomic mass is 16.1. The van der Waals surface area contributed by atoms with E-state index in [0.29, 0.717) is 19.1 Å². The predicted molar refractivity (Wildman–Crippen MR) is 85.1 cm³/mol. The van der Waals surface area contributed by atoms with Crippen molar-refractivity contribution in [2.24, 2.45) is 0 Å². The van der Waals surface area contributed by atoms with Gasteiger partial charge in [0.25, 0.3) is 0 Å². The average Bonchev–Trinajstić information content (AvgIpc) is 2.50. The summed E-state index contributed by atoms with van der Waals surface area (Å²) in [6.07, 6.45) is 0. The van der Waals surface area contributed by atoms with E-state index in [2.05, 4.69) is 34.5 Å². The molecule has 116 valence electrons. The molecular formula is C16H26N4O. The van der Waals surface area contributed by atoms with Gasteiger partial charge >= 0.3 is 0 Å². The van der Waals surface area contributed by atoms with E-state index in [-0.39, 0.29) is 5.91 Å². The van der Waals surface area contributed by atoms with E-state index in [1.807, 2.05) is 30.3 Å². The van der Waals surface area contributed by atoms with Gasteiger partial charge in [0.05, 0.1) is 6.54 Å². The minimum atomic E-state index is 0.0469. The van der Waals surface area contributed by atoms with E-state index in [0.717, 1.165) is 31.7 Å². The molecule has 1 heterocycles. The zero-order valence-corrected chi connectivity index (χ0v) is 13.0. The molecular weight excluding hydrogens is 264 g/mol. The smallest absolute Gasteiger partial charge is 0.234 e. The van der Waals surface area contributed by atoms with Crippen molar-refractivity contribution in [3.05, 3.63) is 35.9 Å². The van der Waals surface area contributed by atoms with Gasteiger partial charge in [-0.3, -0.25) is 9.69 Å². The van der Waals surface area contributed by atoms with Crippen LogP contribution in [-0.4, -0.2) is 68.6 Å². The van der Waals surface area contributed by atoms with Crippen molar-refractivity contribution in [3.63, 3.8) is 0 Å². The van der Waals surface area contributed by atoms with Gasteiger partial charge in [-0.1, -0.05) is 30.3 Å². The van der Waals surface area contributed by atoms with Gasteiger partial charge in [-0.25, -0.2) is 0 Å². The van der Waals surface area contributed by atoms with Gasteiger partial charge in [0, 0.05) is 38.8 Å². The number of hydrogen-bond acceptors (Lipinski definition) is 4. The molecule has 0 radical (unpaired) electrons. The van der Waals surface area contributed by atoms with E-state index >= 15 is 0 Å². The largest absolute Gasteiger partial charge is 0.351 e. The third-order valence-corrected chi connectivity index (χ3v) is 3.98. The monoisotopic (exact) mass is 290 g/mol. The normalized spacial score (nSPS) is 20.4.